The van der Waals surface area contributed by atoms with Crippen LogP contribution in [0.25, 0.3) is 22.4 Å². The molecule has 2 saturated heterocycles. The summed E-state index contributed by atoms with van der Waals surface area (Å²) in [6.07, 6.45) is -0.997. The number of alkyl halides is 3. The molecule has 2 fully saturated rings. The van der Waals surface area contributed by atoms with Gasteiger partial charge in [0.1, 0.15) is 12.4 Å². The number of anilines is 1. The lowest BCUT2D eigenvalue weighted by Gasteiger charge is -2.36. The number of halogens is 3. The van der Waals surface area contributed by atoms with Crippen molar-refractivity contribution in [3.05, 3.63) is 36.5 Å². The highest BCUT2D eigenvalue weighted by Crippen LogP contribution is 2.37. The highest BCUT2D eigenvalue weighted by atomic mass is 19.4. The minimum Gasteiger partial charge on any atom is -0.377 e. The molecule has 145 valence electrons. The first-order valence-corrected chi connectivity index (χ1v) is 9.12. The van der Waals surface area contributed by atoms with E-state index in [1.165, 1.54) is 6.20 Å². The van der Waals surface area contributed by atoms with Crippen LogP contribution in [0.4, 0.5) is 19.0 Å². The molecular formula is C19H17F3N5O. The van der Waals surface area contributed by atoms with Gasteiger partial charge in [0.2, 0.25) is 0 Å². The van der Waals surface area contributed by atoms with E-state index in [2.05, 4.69) is 21.0 Å². The summed E-state index contributed by atoms with van der Waals surface area (Å²) in [5, 5.41) is 4.51. The Morgan fingerprint density at radius 3 is 2.50 bits per heavy atom. The minimum absolute atomic E-state index is 0.166. The molecule has 0 amide bonds. The van der Waals surface area contributed by atoms with Crippen LogP contribution in [-0.2, 0) is 11.3 Å². The molecule has 1 radical (unpaired) electrons. The molecule has 5 rings (SSSR count). The lowest BCUT2D eigenvalue weighted by molar-refractivity contribution is -0.141. The monoisotopic (exact) mass is 388 g/mol. The average Bonchev–Trinajstić information content (AvgIpc) is 3.17. The quantitative estimate of drug-likeness (QED) is 0.690. The smallest absolute Gasteiger partial charge is 0.377 e. The molecule has 2 unspecified atom stereocenters. The standard InChI is InChI=1S/C19H17F3N5O/c20-19(21,22)11-26-17-15(8-23-26)18(27-13-6-7-14(27)10-28-9-13)25-16(24-17)12-4-2-1-3-5-12/h2-5,8,13-14H,6-7,9-11H2. The van der Waals surface area contributed by atoms with Crippen molar-refractivity contribution in [1.29, 1.82) is 0 Å². The Hall–Kier alpha value is -2.68. The molecule has 2 aromatic heterocycles. The fraction of sp³-hybridized carbons (Fsp3) is 0.421. The molecule has 9 heteroatoms. The lowest BCUT2D eigenvalue weighted by atomic mass is 10.2. The van der Waals surface area contributed by atoms with Gasteiger partial charge in [-0.25, -0.2) is 14.6 Å². The van der Waals surface area contributed by atoms with Crippen molar-refractivity contribution in [1.82, 2.24) is 19.7 Å². The van der Waals surface area contributed by atoms with Gasteiger partial charge in [-0.05, 0) is 18.9 Å². The molecule has 2 aliphatic rings. The van der Waals surface area contributed by atoms with Gasteiger partial charge in [0, 0.05) is 5.56 Å². The second kappa shape index (κ2) is 6.44. The Kier molecular flexibility index (Phi) is 4.01. The molecule has 2 bridgehead atoms. The first-order valence-electron chi connectivity index (χ1n) is 9.12. The summed E-state index contributed by atoms with van der Waals surface area (Å²) < 4.78 is 45.6. The van der Waals surface area contributed by atoms with E-state index in [4.69, 9.17) is 9.72 Å². The summed E-state index contributed by atoms with van der Waals surface area (Å²) in [4.78, 5) is 11.4. The van der Waals surface area contributed by atoms with Gasteiger partial charge >= 0.3 is 6.18 Å². The molecule has 1 aromatic carbocycles. The SMILES string of the molecule is FC(F)(F)Cn1ncc2c(N3C4CCC3COC4)nc(-c3cc[c]cc3)nc21. The number of ether oxygens (including phenoxy) is 1. The summed E-state index contributed by atoms with van der Waals surface area (Å²) in [6.45, 7) is -0.00639. The van der Waals surface area contributed by atoms with Gasteiger partial charge in [0.15, 0.2) is 11.5 Å². The fourth-order valence-electron chi connectivity index (χ4n) is 4.06. The molecule has 4 heterocycles. The summed E-state index contributed by atoms with van der Waals surface area (Å²) in [7, 11) is 0. The number of hydrogen-bond donors (Lipinski definition) is 0. The first-order chi connectivity index (χ1) is 13.5. The minimum atomic E-state index is -4.38. The molecule has 0 aliphatic carbocycles. The van der Waals surface area contributed by atoms with Gasteiger partial charge < -0.3 is 9.64 Å². The molecule has 28 heavy (non-hydrogen) atoms. The van der Waals surface area contributed by atoms with E-state index in [-0.39, 0.29) is 17.7 Å². The van der Waals surface area contributed by atoms with Crippen molar-refractivity contribution < 1.29 is 17.9 Å². The van der Waals surface area contributed by atoms with Crippen LogP contribution in [0, 0.1) is 6.07 Å². The Morgan fingerprint density at radius 2 is 1.82 bits per heavy atom. The molecule has 0 spiro atoms. The summed E-state index contributed by atoms with van der Waals surface area (Å²) >= 11 is 0. The second-order valence-corrected chi connectivity index (χ2v) is 7.14. The van der Waals surface area contributed by atoms with Crippen molar-refractivity contribution >= 4 is 16.9 Å². The van der Waals surface area contributed by atoms with Crippen LogP contribution >= 0.6 is 0 Å². The highest BCUT2D eigenvalue weighted by molar-refractivity contribution is 5.89. The average molecular weight is 388 g/mol. The number of hydrogen-bond acceptors (Lipinski definition) is 5. The predicted octanol–water partition coefficient (Wildman–Crippen LogP) is 3.22. The topological polar surface area (TPSA) is 56.1 Å². The van der Waals surface area contributed by atoms with Crippen LogP contribution in [0.3, 0.4) is 0 Å². The predicted molar refractivity (Wildman–Crippen MR) is 95.8 cm³/mol. The largest absolute Gasteiger partial charge is 0.408 e. The molecule has 3 aromatic rings. The zero-order valence-electron chi connectivity index (χ0n) is 14.9. The lowest BCUT2D eigenvalue weighted by Crippen LogP contribution is -2.46. The normalized spacial score (nSPS) is 22.2. The highest BCUT2D eigenvalue weighted by Gasteiger charge is 2.40. The second-order valence-electron chi connectivity index (χ2n) is 7.14. The summed E-state index contributed by atoms with van der Waals surface area (Å²) in [6, 6.07) is 10.3. The maximum atomic E-state index is 13.0. The summed E-state index contributed by atoms with van der Waals surface area (Å²) in [5.74, 6) is 1.02. The van der Waals surface area contributed by atoms with Gasteiger partial charge in [0.05, 0.1) is 36.9 Å². The van der Waals surface area contributed by atoms with E-state index in [1.54, 1.807) is 24.3 Å². The Morgan fingerprint density at radius 1 is 1.11 bits per heavy atom. The van der Waals surface area contributed by atoms with Crippen LogP contribution in [0.2, 0.25) is 0 Å². The molecule has 0 saturated carbocycles. The maximum absolute atomic E-state index is 13.0. The Bertz CT molecular complexity index is 988. The Balaban J connectivity index is 1.70. The first kappa shape index (κ1) is 17.4. The zero-order chi connectivity index (χ0) is 19.3. The fourth-order valence-corrected chi connectivity index (χ4v) is 4.06. The van der Waals surface area contributed by atoms with Crippen molar-refractivity contribution in [3.63, 3.8) is 0 Å². The van der Waals surface area contributed by atoms with Gasteiger partial charge in [0.25, 0.3) is 0 Å². The van der Waals surface area contributed by atoms with Crippen molar-refractivity contribution in [2.24, 2.45) is 0 Å². The summed E-state index contributed by atoms with van der Waals surface area (Å²) in [5.41, 5.74) is 0.915. The van der Waals surface area contributed by atoms with E-state index in [0.717, 1.165) is 23.1 Å². The van der Waals surface area contributed by atoms with Crippen molar-refractivity contribution in [2.45, 2.75) is 37.6 Å². The molecule has 2 aliphatic heterocycles. The van der Waals surface area contributed by atoms with E-state index >= 15 is 0 Å². The number of nitrogens with zero attached hydrogens (tertiary/aromatic N) is 5. The van der Waals surface area contributed by atoms with Crippen LogP contribution < -0.4 is 4.90 Å². The van der Waals surface area contributed by atoms with E-state index in [0.29, 0.717) is 30.2 Å². The van der Waals surface area contributed by atoms with E-state index in [1.807, 2.05) is 0 Å². The molecule has 2 atom stereocenters. The van der Waals surface area contributed by atoms with Crippen molar-refractivity contribution in [2.75, 3.05) is 18.1 Å². The van der Waals surface area contributed by atoms with Crippen LogP contribution in [0.15, 0.2) is 30.5 Å². The van der Waals surface area contributed by atoms with Crippen LogP contribution in [0.1, 0.15) is 12.8 Å². The molecule has 0 N–H and O–H groups in total. The van der Waals surface area contributed by atoms with Gasteiger partial charge in [-0.15, -0.1) is 0 Å². The van der Waals surface area contributed by atoms with Gasteiger partial charge in [-0.3, -0.25) is 0 Å². The van der Waals surface area contributed by atoms with Gasteiger partial charge in [-0.1, -0.05) is 24.3 Å². The zero-order valence-corrected chi connectivity index (χ0v) is 14.9. The van der Waals surface area contributed by atoms with E-state index < -0.39 is 12.7 Å². The molecule has 6 nitrogen and oxygen atoms in total. The van der Waals surface area contributed by atoms with Crippen LogP contribution in [-0.4, -0.2) is 51.2 Å². The number of benzene rings is 1. The third-order valence-corrected chi connectivity index (χ3v) is 5.27. The third kappa shape index (κ3) is 2.99. The number of fused-ring (bicyclic) bond motifs is 3. The van der Waals surface area contributed by atoms with Crippen molar-refractivity contribution in [3.8, 4) is 11.4 Å². The third-order valence-electron chi connectivity index (χ3n) is 5.27. The van der Waals surface area contributed by atoms with Crippen LogP contribution in [0.5, 0.6) is 0 Å². The molecular weight excluding hydrogens is 371 g/mol. The number of rotatable bonds is 3. The Labute approximate surface area is 158 Å². The number of aromatic nitrogens is 4. The van der Waals surface area contributed by atoms with E-state index in [9.17, 15) is 13.2 Å². The van der Waals surface area contributed by atoms with Gasteiger partial charge in [-0.2, -0.15) is 18.3 Å². The number of morpholine rings is 1. The maximum Gasteiger partial charge on any atom is 0.408 e.